The summed E-state index contributed by atoms with van der Waals surface area (Å²) in [5.74, 6) is -1.03. The minimum atomic E-state index is -0.828. The van der Waals surface area contributed by atoms with Gasteiger partial charge in [0.15, 0.2) is 6.10 Å². The number of ether oxygens (including phenoxy) is 3. The van der Waals surface area contributed by atoms with Gasteiger partial charge >= 0.3 is 17.9 Å². The quantitative estimate of drug-likeness (QED) is 0.0261. The molecule has 0 aromatic carbocycles. The molecule has 71 heavy (non-hydrogen) atoms. The van der Waals surface area contributed by atoms with Gasteiger partial charge in [-0.25, -0.2) is 0 Å². The Balaban J connectivity index is 4.57. The van der Waals surface area contributed by atoms with Crippen molar-refractivity contribution in [2.45, 2.75) is 258 Å². The van der Waals surface area contributed by atoms with E-state index in [-0.39, 0.29) is 44.0 Å². The number of carbonyl (C=O) groups is 3. The average Bonchev–Trinajstić information content (AvgIpc) is 3.37. The molecule has 0 unspecified atom stereocenters. The fraction of sp³-hybridized carbons (Fsp3) is 0.646. The second-order valence-electron chi connectivity index (χ2n) is 18.8. The molecule has 0 N–H and O–H groups in total. The van der Waals surface area contributed by atoms with E-state index in [0.717, 1.165) is 103 Å². The number of hydrogen-bond donors (Lipinski definition) is 0. The molecule has 6 heteroatoms. The molecule has 0 aromatic rings. The van der Waals surface area contributed by atoms with E-state index in [1.54, 1.807) is 0 Å². The lowest BCUT2D eigenvalue weighted by atomic mass is 10.1. The Morgan fingerprint density at radius 2 is 0.535 bits per heavy atom. The number of unbranched alkanes of at least 4 members (excludes halogenated alkanes) is 20. The molecule has 0 aliphatic rings. The van der Waals surface area contributed by atoms with E-state index >= 15 is 0 Å². The molecular weight excluding hydrogens is 877 g/mol. The van der Waals surface area contributed by atoms with Crippen molar-refractivity contribution in [2.24, 2.45) is 0 Å². The smallest absolute Gasteiger partial charge is 0.306 e. The van der Waals surface area contributed by atoms with Gasteiger partial charge in [-0.1, -0.05) is 226 Å². The number of carbonyl (C=O) groups excluding carboxylic acids is 3. The number of esters is 3. The average molecular weight is 984 g/mol. The molecule has 402 valence electrons. The molecule has 0 aliphatic heterocycles. The first-order chi connectivity index (χ1) is 35.0. The van der Waals surface area contributed by atoms with E-state index in [4.69, 9.17) is 14.2 Å². The SMILES string of the molecule is CCCCC/C=C\C/C=C\C/C=C\C/C=C\C/C=C\CCC(=O)OC[C@H](COC(=O)CCCCCCCCC/C=C\C/C=C\CCCCC)OC(=O)CCCCCC/C=C\C/C=C\C/C=C\CCCCC. The fourth-order valence-electron chi connectivity index (χ4n) is 7.52. The van der Waals surface area contributed by atoms with Crippen molar-refractivity contribution < 1.29 is 28.6 Å². The molecule has 0 aliphatic carbocycles. The summed E-state index contributed by atoms with van der Waals surface area (Å²) in [6.07, 6.45) is 80.5. The summed E-state index contributed by atoms with van der Waals surface area (Å²) in [5.41, 5.74) is 0. The van der Waals surface area contributed by atoms with Gasteiger partial charge in [-0.05, 0) is 128 Å². The van der Waals surface area contributed by atoms with Crippen molar-refractivity contribution in [3.05, 3.63) is 122 Å². The van der Waals surface area contributed by atoms with Gasteiger partial charge in [-0.3, -0.25) is 14.4 Å². The van der Waals surface area contributed by atoms with Gasteiger partial charge in [-0.15, -0.1) is 0 Å². The maximum absolute atomic E-state index is 12.9. The van der Waals surface area contributed by atoms with Gasteiger partial charge in [0.1, 0.15) is 13.2 Å². The Morgan fingerprint density at radius 3 is 0.873 bits per heavy atom. The Bertz CT molecular complexity index is 1500. The summed E-state index contributed by atoms with van der Waals surface area (Å²) < 4.78 is 16.8. The molecule has 0 aromatic heterocycles. The molecule has 0 bridgehead atoms. The Labute approximate surface area is 437 Å². The largest absolute Gasteiger partial charge is 0.462 e. The minimum Gasteiger partial charge on any atom is -0.462 e. The van der Waals surface area contributed by atoms with Crippen LogP contribution in [0, 0.1) is 0 Å². The third kappa shape index (κ3) is 56.6. The minimum absolute atomic E-state index is 0.117. The van der Waals surface area contributed by atoms with Gasteiger partial charge in [0.05, 0.1) is 0 Å². The van der Waals surface area contributed by atoms with Gasteiger partial charge in [0, 0.05) is 19.3 Å². The molecule has 0 heterocycles. The molecule has 0 spiro atoms. The second kappa shape index (κ2) is 58.4. The summed E-state index contributed by atoms with van der Waals surface area (Å²) in [6.45, 7) is 6.47. The number of rotatable bonds is 51. The predicted molar refractivity (Wildman–Crippen MR) is 306 cm³/mol. The Hall–Kier alpha value is -4.19. The molecule has 0 rings (SSSR count). The third-order valence-corrected chi connectivity index (χ3v) is 11.9. The maximum Gasteiger partial charge on any atom is 0.306 e. The third-order valence-electron chi connectivity index (χ3n) is 11.9. The van der Waals surface area contributed by atoms with Crippen LogP contribution in [0.25, 0.3) is 0 Å². The first-order valence-electron chi connectivity index (χ1n) is 29.0. The van der Waals surface area contributed by atoms with Crippen molar-refractivity contribution in [3.8, 4) is 0 Å². The lowest BCUT2D eigenvalue weighted by Gasteiger charge is -2.18. The van der Waals surface area contributed by atoms with E-state index < -0.39 is 6.10 Å². The van der Waals surface area contributed by atoms with Crippen LogP contribution in [-0.2, 0) is 28.6 Å². The zero-order chi connectivity index (χ0) is 51.4. The van der Waals surface area contributed by atoms with Gasteiger partial charge in [0.2, 0.25) is 0 Å². The second-order valence-corrected chi connectivity index (χ2v) is 18.8. The van der Waals surface area contributed by atoms with Crippen LogP contribution in [0.15, 0.2) is 122 Å². The van der Waals surface area contributed by atoms with Crippen LogP contribution in [0.3, 0.4) is 0 Å². The van der Waals surface area contributed by atoms with E-state index in [9.17, 15) is 14.4 Å². The van der Waals surface area contributed by atoms with Gasteiger partial charge in [0.25, 0.3) is 0 Å². The topological polar surface area (TPSA) is 78.9 Å². The summed E-state index contributed by atoms with van der Waals surface area (Å²) in [4.78, 5) is 38.2. The molecule has 1 atom stereocenters. The van der Waals surface area contributed by atoms with E-state index in [0.29, 0.717) is 12.8 Å². The predicted octanol–water partition coefficient (Wildman–Crippen LogP) is 19.6. The summed E-state index contributed by atoms with van der Waals surface area (Å²) in [6, 6.07) is 0. The first kappa shape index (κ1) is 66.8. The van der Waals surface area contributed by atoms with Crippen LogP contribution in [0.1, 0.15) is 252 Å². The van der Waals surface area contributed by atoms with E-state index in [2.05, 4.69) is 136 Å². The van der Waals surface area contributed by atoms with Crippen molar-refractivity contribution in [3.63, 3.8) is 0 Å². The zero-order valence-corrected chi connectivity index (χ0v) is 45.9. The molecule has 0 amide bonds. The maximum atomic E-state index is 12.9. The Morgan fingerprint density at radius 1 is 0.282 bits per heavy atom. The van der Waals surface area contributed by atoms with Gasteiger partial charge < -0.3 is 14.2 Å². The number of allylic oxidation sites excluding steroid dienone is 20. The van der Waals surface area contributed by atoms with Crippen molar-refractivity contribution in [1.82, 2.24) is 0 Å². The molecule has 6 nitrogen and oxygen atoms in total. The van der Waals surface area contributed by atoms with Crippen LogP contribution >= 0.6 is 0 Å². The summed E-state index contributed by atoms with van der Waals surface area (Å²) in [7, 11) is 0. The standard InChI is InChI=1S/C65H106O6/c1-4-7-10-13-16-19-22-25-28-31-32-35-37-40-43-46-49-52-55-58-64(67)70-61-62(71-65(68)59-56-53-50-47-44-41-38-34-30-27-24-21-18-15-12-9-6-3)60-69-63(66)57-54-51-48-45-42-39-36-33-29-26-23-20-17-14-11-8-5-2/h16-21,25-30,32,35,38,40-41,43,49,52,62H,4-15,22-24,31,33-34,36-37,39,42,44-48,50-51,53-61H2,1-3H3/b19-16-,20-17-,21-18-,28-25-,29-26-,30-27-,35-32-,41-38-,43-40-,52-49-/t62-/m0/s1. The highest BCUT2D eigenvalue weighted by Crippen LogP contribution is 2.13. The Kier molecular flexibility index (Phi) is 54.9. The fourth-order valence-corrected chi connectivity index (χ4v) is 7.52. The highest BCUT2D eigenvalue weighted by molar-refractivity contribution is 5.71. The molecule has 0 fully saturated rings. The lowest BCUT2D eigenvalue weighted by molar-refractivity contribution is -0.166. The monoisotopic (exact) mass is 983 g/mol. The normalized spacial score (nSPS) is 13.0. The van der Waals surface area contributed by atoms with Crippen LogP contribution in [0.2, 0.25) is 0 Å². The highest BCUT2D eigenvalue weighted by atomic mass is 16.6. The van der Waals surface area contributed by atoms with Crippen LogP contribution in [0.5, 0.6) is 0 Å². The highest BCUT2D eigenvalue weighted by Gasteiger charge is 2.19. The molecule has 0 saturated carbocycles. The van der Waals surface area contributed by atoms with E-state index in [1.165, 1.54) is 103 Å². The number of hydrogen-bond acceptors (Lipinski definition) is 6. The molecular formula is C65H106O6. The first-order valence-corrected chi connectivity index (χ1v) is 29.0. The lowest BCUT2D eigenvalue weighted by Crippen LogP contribution is -2.30. The van der Waals surface area contributed by atoms with Gasteiger partial charge in [-0.2, -0.15) is 0 Å². The van der Waals surface area contributed by atoms with Crippen LogP contribution < -0.4 is 0 Å². The van der Waals surface area contributed by atoms with Crippen molar-refractivity contribution in [2.75, 3.05) is 13.2 Å². The zero-order valence-electron chi connectivity index (χ0n) is 45.9. The molecule has 0 saturated heterocycles. The van der Waals surface area contributed by atoms with E-state index in [1.807, 2.05) is 6.08 Å². The molecule has 0 radical (unpaired) electrons. The summed E-state index contributed by atoms with van der Waals surface area (Å²) in [5, 5.41) is 0. The van der Waals surface area contributed by atoms with Crippen LogP contribution in [0.4, 0.5) is 0 Å². The van der Waals surface area contributed by atoms with Crippen molar-refractivity contribution >= 4 is 17.9 Å². The van der Waals surface area contributed by atoms with Crippen LogP contribution in [-0.4, -0.2) is 37.2 Å². The summed E-state index contributed by atoms with van der Waals surface area (Å²) >= 11 is 0. The van der Waals surface area contributed by atoms with Crippen molar-refractivity contribution in [1.29, 1.82) is 0 Å².